The molecule has 52 heavy (non-hydrogen) atoms. The highest BCUT2D eigenvalue weighted by atomic mass is 16.5. The molecule has 6 rings (SSSR count). The summed E-state index contributed by atoms with van der Waals surface area (Å²) in [5.41, 5.74) is 5.79. The number of alkyl carbamates (subject to hydrolysis) is 2. The highest BCUT2D eigenvalue weighted by Crippen LogP contribution is 2.34. The summed E-state index contributed by atoms with van der Waals surface area (Å²) < 4.78 is 9.40. The van der Waals surface area contributed by atoms with Gasteiger partial charge in [0.1, 0.15) is 23.7 Å². The second-order valence-electron chi connectivity index (χ2n) is 13.1. The number of carbonyl (C=O) groups is 4. The number of imidazole rings is 2. The van der Waals surface area contributed by atoms with E-state index in [1.807, 2.05) is 38.1 Å². The van der Waals surface area contributed by atoms with E-state index in [4.69, 9.17) is 9.47 Å². The van der Waals surface area contributed by atoms with Gasteiger partial charge >= 0.3 is 12.2 Å². The molecule has 2 aliphatic rings. The maximum Gasteiger partial charge on any atom is 0.407 e. The van der Waals surface area contributed by atoms with Crippen molar-refractivity contribution in [3.05, 3.63) is 72.6 Å². The van der Waals surface area contributed by atoms with E-state index in [-0.39, 0.29) is 23.9 Å². The second kappa shape index (κ2) is 16.1. The molecular formula is C38H46N8O6. The first kappa shape index (κ1) is 36.1. The number of aromatic amines is 2. The van der Waals surface area contributed by atoms with Crippen molar-refractivity contribution in [3.8, 4) is 33.6 Å². The van der Waals surface area contributed by atoms with Gasteiger partial charge in [0.05, 0.1) is 50.1 Å². The van der Waals surface area contributed by atoms with E-state index in [1.165, 1.54) is 14.2 Å². The number of likely N-dealkylation sites (tertiary alicyclic amines) is 2. The molecule has 0 unspecified atom stereocenters. The van der Waals surface area contributed by atoms with E-state index in [0.717, 1.165) is 71.0 Å². The Morgan fingerprint density at radius 2 is 1.04 bits per heavy atom. The Morgan fingerprint density at radius 1 is 0.673 bits per heavy atom. The molecule has 14 nitrogen and oxygen atoms in total. The number of nitrogens with zero attached hydrogens (tertiary/aromatic N) is 4. The lowest BCUT2D eigenvalue weighted by Gasteiger charge is -2.27. The van der Waals surface area contributed by atoms with Gasteiger partial charge in [0.25, 0.3) is 0 Å². The van der Waals surface area contributed by atoms with Crippen LogP contribution in [0, 0.1) is 0 Å². The molecule has 2 aromatic heterocycles. The highest BCUT2D eigenvalue weighted by Gasteiger charge is 2.37. The number of methoxy groups -OCH3 is 2. The predicted molar refractivity (Wildman–Crippen MR) is 194 cm³/mol. The average Bonchev–Trinajstić information content (AvgIpc) is 4.02. The van der Waals surface area contributed by atoms with Crippen molar-refractivity contribution in [1.82, 2.24) is 40.4 Å². The third-order valence-electron chi connectivity index (χ3n) is 9.99. The van der Waals surface area contributed by atoms with Crippen LogP contribution in [0.15, 0.2) is 60.9 Å². The van der Waals surface area contributed by atoms with Crippen LogP contribution in [0.1, 0.15) is 76.1 Å². The topological polar surface area (TPSA) is 175 Å². The van der Waals surface area contributed by atoms with Gasteiger partial charge in [0, 0.05) is 13.1 Å². The van der Waals surface area contributed by atoms with E-state index in [1.54, 1.807) is 22.2 Å². The Balaban J connectivity index is 1.10. The fraction of sp³-hybridized carbons (Fsp3) is 0.421. The number of hydrogen-bond acceptors (Lipinski definition) is 8. The predicted octanol–water partition coefficient (Wildman–Crippen LogP) is 5.73. The minimum Gasteiger partial charge on any atom is -0.453 e. The van der Waals surface area contributed by atoms with Crippen LogP contribution in [0.2, 0.25) is 0 Å². The molecular weight excluding hydrogens is 664 g/mol. The number of H-pyrrole nitrogens is 2. The van der Waals surface area contributed by atoms with Crippen LogP contribution in [-0.2, 0) is 19.1 Å². The van der Waals surface area contributed by atoms with Crippen molar-refractivity contribution in [1.29, 1.82) is 0 Å². The Kier molecular flexibility index (Phi) is 11.2. The number of carbonyl (C=O) groups excluding carboxylic acids is 4. The largest absolute Gasteiger partial charge is 0.453 e. The first-order chi connectivity index (χ1) is 25.2. The van der Waals surface area contributed by atoms with E-state index in [0.29, 0.717) is 25.9 Å². The number of aromatic nitrogens is 4. The van der Waals surface area contributed by atoms with Crippen molar-refractivity contribution < 1.29 is 28.7 Å². The Labute approximate surface area is 302 Å². The SMILES string of the molecule is CC[C@@H](NC(=O)OC)C(=O)N1CCC[C@H]1c1ncc(-c2ccc(-c3ccc(-c4cnc([C@@H]5CCCN5C(=O)[C@@H](CC)NC(=O)OC)[nH]4)cc3)cc2)[nH]1. The first-order valence-corrected chi connectivity index (χ1v) is 17.9. The lowest BCUT2D eigenvalue weighted by atomic mass is 10.0. The number of rotatable bonds is 11. The van der Waals surface area contributed by atoms with Gasteiger partial charge in [-0.3, -0.25) is 9.59 Å². The number of benzene rings is 2. The molecule has 2 saturated heterocycles. The fourth-order valence-electron chi connectivity index (χ4n) is 7.10. The van der Waals surface area contributed by atoms with Crippen LogP contribution < -0.4 is 10.6 Å². The molecule has 2 fully saturated rings. The lowest BCUT2D eigenvalue weighted by molar-refractivity contribution is -0.135. The Morgan fingerprint density at radius 3 is 1.38 bits per heavy atom. The summed E-state index contributed by atoms with van der Waals surface area (Å²) in [6.45, 7) is 4.92. The molecule has 0 saturated carbocycles. The molecule has 0 aliphatic carbocycles. The van der Waals surface area contributed by atoms with Gasteiger partial charge in [-0.2, -0.15) is 0 Å². The zero-order valence-electron chi connectivity index (χ0n) is 30.0. The fourth-order valence-corrected chi connectivity index (χ4v) is 7.10. The van der Waals surface area contributed by atoms with Crippen molar-refractivity contribution in [2.45, 2.75) is 76.5 Å². The third-order valence-corrected chi connectivity index (χ3v) is 9.99. The number of hydrogen-bond donors (Lipinski definition) is 4. The Bertz CT molecular complexity index is 1730. The summed E-state index contributed by atoms with van der Waals surface area (Å²) >= 11 is 0. The second-order valence-corrected chi connectivity index (χ2v) is 13.1. The van der Waals surface area contributed by atoms with Gasteiger partial charge in [0.15, 0.2) is 0 Å². The molecule has 4 N–H and O–H groups in total. The summed E-state index contributed by atoms with van der Waals surface area (Å²) in [4.78, 5) is 69.9. The van der Waals surface area contributed by atoms with Crippen LogP contribution in [0.4, 0.5) is 9.59 Å². The minimum absolute atomic E-state index is 0.138. The molecule has 4 heterocycles. The maximum atomic E-state index is 13.3. The summed E-state index contributed by atoms with van der Waals surface area (Å²) in [5, 5.41) is 5.28. The smallest absolute Gasteiger partial charge is 0.407 e. The normalized spacial score (nSPS) is 18.2. The molecule has 4 atom stereocenters. The van der Waals surface area contributed by atoms with Crippen molar-refractivity contribution in [3.63, 3.8) is 0 Å². The van der Waals surface area contributed by atoms with E-state index in [9.17, 15) is 19.2 Å². The summed E-state index contributed by atoms with van der Waals surface area (Å²) in [6.07, 6.45) is 6.55. The molecule has 0 spiro atoms. The average molecular weight is 711 g/mol. The van der Waals surface area contributed by atoms with Gasteiger partial charge in [-0.25, -0.2) is 19.6 Å². The van der Waals surface area contributed by atoms with Crippen LogP contribution in [0.3, 0.4) is 0 Å². The highest BCUT2D eigenvalue weighted by molar-refractivity contribution is 5.87. The number of nitrogens with one attached hydrogen (secondary N) is 4. The number of amides is 4. The summed E-state index contributed by atoms with van der Waals surface area (Å²) in [5.74, 6) is 1.17. The summed E-state index contributed by atoms with van der Waals surface area (Å²) in [6, 6.07) is 14.8. The van der Waals surface area contributed by atoms with E-state index >= 15 is 0 Å². The molecule has 4 amide bonds. The minimum atomic E-state index is -0.654. The van der Waals surface area contributed by atoms with Gasteiger partial charge in [-0.15, -0.1) is 0 Å². The van der Waals surface area contributed by atoms with Crippen LogP contribution in [0.5, 0.6) is 0 Å². The third kappa shape index (κ3) is 7.65. The monoisotopic (exact) mass is 710 g/mol. The summed E-state index contributed by atoms with van der Waals surface area (Å²) in [7, 11) is 2.57. The van der Waals surface area contributed by atoms with Crippen molar-refractivity contribution >= 4 is 24.0 Å². The molecule has 0 bridgehead atoms. The molecule has 14 heteroatoms. The lowest BCUT2D eigenvalue weighted by Crippen LogP contribution is -2.48. The van der Waals surface area contributed by atoms with E-state index in [2.05, 4.69) is 54.8 Å². The Hall–Kier alpha value is -5.66. The van der Waals surface area contributed by atoms with Crippen LogP contribution in [-0.4, -0.2) is 93.1 Å². The maximum absolute atomic E-state index is 13.3. The van der Waals surface area contributed by atoms with Crippen molar-refractivity contribution in [2.75, 3.05) is 27.3 Å². The first-order valence-electron chi connectivity index (χ1n) is 17.9. The van der Waals surface area contributed by atoms with Gasteiger partial charge in [-0.1, -0.05) is 62.4 Å². The van der Waals surface area contributed by atoms with Gasteiger partial charge in [-0.05, 0) is 60.8 Å². The molecule has 274 valence electrons. The van der Waals surface area contributed by atoms with E-state index < -0.39 is 24.3 Å². The van der Waals surface area contributed by atoms with Crippen LogP contribution in [0.25, 0.3) is 33.6 Å². The van der Waals surface area contributed by atoms with Crippen molar-refractivity contribution in [2.24, 2.45) is 0 Å². The van der Waals surface area contributed by atoms with Gasteiger partial charge in [0.2, 0.25) is 11.8 Å². The van der Waals surface area contributed by atoms with Gasteiger partial charge < -0.3 is 39.9 Å². The standard InChI is InChI=1S/C38H46N8O6/c1-5-27(43-37(49)51-3)35(47)45-19-7-9-31(45)33-39-21-29(41-33)25-15-11-23(12-16-25)24-13-17-26(18-14-24)30-22-40-34(42-30)32-10-8-20-46(32)36(48)28(6-2)44-38(50)52-4/h11-18,21-22,27-28,31-32H,5-10,19-20H2,1-4H3,(H,39,41)(H,40,42)(H,43,49)(H,44,50)/t27-,28-,31+,32+/m1/s1. The molecule has 2 aliphatic heterocycles. The molecule has 4 aromatic rings. The molecule has 0 radical (unpaired) electrons. The quantitative estimate of drug-likeness (QED) is 0.153. The zero-order chi connectivity index (χ0) is 36.8. The number of ether oxygens (including phenoxy) is 2. The molecule has 2 aromatic carbocycles. The van der Waals surface area contributed by atoms with Crippen LogP contribution >= 0.6 is 0 Å². The zero-order valence-corrected chi connectivity index (χ0v) is 30.0.